The summed E-state index contributed by atoms with van der Waals surface area (Å²) in [5.41, 5.74) is 2.02. The van der Waals surface area contributed by atoms with Gasteiger partial charge in [-0.3, -0.25) is 4.79 Å². The Labute approximate surface area is 164 Å². The summed E-state index contributed by atoms with van der Waals surface area (Å²) in [5.74, 6) is 1.41. The SMILES string of the molecule is C[C@H](NC(=O)[C@@H]1CCCN(c2ncccn2)C1)c1ncc(-c2ccccc2)[nH]1. The smallest absolute Gasteiger partial charge is 0.225 e. The minimum atomic E-state index is -0.187. The van der Waals surface area contributed by atoms with Crippen LogP contribution in [0.25, 0.3) is 11.3 Å². The van der Waals surface area contributed by atoms with Crippen molar-refractivity contribution in [2.45, 2.75) is 25.8 Å². The molecule has 2 aromatic heterocycles. The van der Waals surface area contributed by atoms with Crippen LogP contribution in [0.5, 0.6) is 0 Å². The van der Waals surface area contributed by atoms with Gasteiger partial charge in [0.25, 0.3) is 0 Å². The zero-order chi connectivity index (χ0) is 19.3. The van der Waals surface area contributed by atoms with Gasteiger partial charge in [-0.05, 0) is 31.4 Å². The Morgan fingerprint density at radius 1 is 1.18 bits per heavy atom. The summed E-state index contributed by atoms with van der Waals surface area (Å²) < 4.78 is 0. The first-order valence-corrected chi connectivity index (χ1v) is 9.63. The third kappa shape index (κ3) is 4.03. The van der Waals surface area contributed by atoms with Gasteiger partial charge in [-0.2, -0.15) is 0 Å². The fourth-order valence-corrected chi connectivity index (χ4v) is 3.55. The summed E-state index contributed by atoms with van der Waals surface area (Å²) in [6.07, 6.45) is 7.09. The summed E-state index contributed by atoms with van der Waals surface area (Å²) in [6, 6.07) is 11.6. The maximum atomic E-state index is 12.8. The Balaban J connectivity index is 1.38. The number of aromatic amines is 1. The number of nitrogens with zero attached hydrogens (tertiary/aromatic N) is 4. The molecule has 2 atom stereocenters. The standard InChI is InChI=1S/C21H24N6O/c1-15(19-24-13-18(26-19)16-7-3-2-4-8-16)25-20(28)17-9-5-12-27(14-17)21-22-10-6-11-23-21/h2-4,6-8,10-11,13,15,17H,5,9,12,14H2,1H3,(H,24,26)(H,25,28)/t15-,17+/m0/s1. The van der Waals surface area contributed by atoms with E-state index in [9.17, 15) is 4.79 Å². The summed E-state index contributed by atoms with van der Waals surface area (Å²) in [4.78, 5) is 31.3. The number of aromatic nitrogens is 4. The van der Waals surface area contributed by atoms with Crippen molar-refractivity contribution in [1.82, 2.24) is 25.3 Å². The van der Waals surface area contributed by atoms with Gasteiger partial charge in [0.05, 0.1) is 23.9 Å². The molecule has 0 saturated carbocycles. The molecule has 1 aliphatic rings. The summed E-state index contributed by atoms with van der Waals surface area (Å²) >= 11 is 0. The van der Waals surface area contributed by atoms with Crippen LogP contribution in [0.2, 0.25) is 0 Å². The average Bonchev–Trinajstić information content (AvgIpc) is 3.26. The van der Waals surface area contributed by atoms with Crippen molar-refractivity contribution in [2.24, 2.45) is 5.92 Å². The molecule has 0 bridgehead atoms. The third-order valence-electron chi connectivity index (χ3n) is 5.08. The van der Waals surface area contributed by atoms with E-state index in [1.54, 1.807) is 18.5 Å². The lowest BCUT2D eigenvalue weighted by Crippen LogP contribution is -2.44. The maximum absolute atomic E-state index is 12.8. The van der Waals surface area contributed by atoms with Crippen LogP contribution in [0.15, 0.2) is 55.0 Å². The van der Waals surface area contributed by atoms with E-state index in [-0.39, 0.29) is 17.9 Å². The van der Waals surface area contributed by atoms with Crippen LogP contribution >= 0.6 is 0 Å². The molecule has 1 aromatic carbocycles. The summed E-state index contributed by atoms with van der Waals surface area (Å²) in [6.45, 7) is 3.46. The molecule has 4 rings (SSSR count). The Hall–Kier alpha value is -3.22. The molecule has 1 amide bonds. The fourth-order valence-electron chi connectivity index (χ4n) is 3.55. The molecule has 0 unspecified atom stereocenters. The first-order valence-electron chi connectivity index (χ1n) is 9.63. The van der Waals surface area contributed by atoms with Gasteiger partial charge in [0.1, 0.15) is 5.82 Å². The number of anilines is 1. The van der Waals surface area contributed by atoms with Crippen molar-refractivity contribution >= 4 is 11.9 Å². The highest BCUT2D eigenvalue weighted by Crippen LogP contribution is 2.22. The van der Waals surface area contributed by atoms with Crippen molar-refractivity contribution in [3.63, 3.8) is 0 Å². The predicted molar refractivity (Wildman–Crippen MR) is 108 cm³/mol. The number of carbonyl (C=O) groups excluding carboxylic acids is 1. The van der Waals surface area contributed by atoms with Crippen molar-refractivity contribution in [1.29, 1.82) is 0 Å². The first kappa shape index (κ1) is 18.2. The number of H-pyrrole nitrogens is 1. The van der Waals surface area contributed by atoms with Crippen molar-refractivity contribution in [2.75, 3.05) is 18.0 Å². The average molecular weight is 376 g/mol. The molecule has 7 nitrogen and oxygen atoms in total. The molecule has 0 aliphatic carbocycles. The second-order valence-corrected chi connectivity index (χ2v) is 7.11. The number of carbonyl (C=O) groups is 1. The van der Waals surface area contributed by atoms with Crippen molar-refractivity contribution < 1.29 is 4.79 Å². The molecule has 7 heteroatoms. The molecule has 3 heterocycles. The quantitative estimate of drug-likeness (QED) is 0.715. The number of piperidine rings is 1. The van der Waals surface area contributed by atoms with E-state index in [1.165, 1.54) is 0 Å². The fraction of sp³-hybridized carbons (Fsp3) is 0.333. The van der Waals surface area contributed by atoms with Gasteiger partial charge in [-0.1, -0.05) is 30.3 Å². The molecule has 28 heavy (non-hydrogen) atoms. The first-order chi connectivity index (χ1) is 13.7. The lowest BCUT2D eigenvalue weighted by atomic mass is 9.97. The highest BCUT2D eigenvalue weighted by atomic mass is 16.2. The third-order valence-corrected chi connectivity index (χ3v) is 5.08. The number of nitrogens with one attached hydrogen (secondary N) is 2. The predicted octanol–water partition coefficient (Wildman–Crippen LogP) is 2.96. The van der Waals surface area contributed by atoms with E-state index in [1.807, 2.05) is 43.5 Å². The zero-order valence-electron chi connectivity index (χ0n) is 15.9. The van der Waals surface area contributed by atoms with E-state index >= 15 is 0 Å². The molecular formula is C21H24N6O. The monoisotopic (exact) mass is 376 g/mol. The number of hydrogen-bond donors (Lipinski definition) is 2. The molecule has 144 valence electrons. The van der Waals surface area contributed by atoms with Crippen molar-refractivity contribution in [3.05, 3.63) is 60.8 Å². The minimum absolute atomic E-state index is 0.0470. The number of hydrogen-bond acceptors (Lipinski definition) is 5. The lowest BCUT2D eigenvalue weighted by Gasteiger charge is -2.32. The van der Waals surface area contributed by atoms with Gasteiger partial charge in [0.2, 0.25) is 11.9 Å². The van der Waals surface area contributed by atoms with Crippen LogP contribution in [0.4, 0.5) is 5.95 Å². The van der Waals surface area contributed by atoms with Gasteiger partial charge in [0, 0.05) is 25.5 Å². The van der Waals surface area contributed by atoms with E-state index < -0.39 is 0 Å². The van der Waals surface area contributed by atoms with Crippen LogP contribution < -0.4 is 10.2 Å². The van der Waals surface area contributed by atoms with Gasteiger partial charge in [0.15, 0.2) is 0 Å². The molecular weight excluding hydrogens is 352 g/mol. The second-order valence-electron chi connectivity index (χ2n) is 7.11. The van der Waals surface area contributed by atoms with E-state index in [4.69, 9.17) is 0 Å². The normalized spacial score (nSPS) is 17.9. The second kappa shape index (κ2) is 8.21. The lowest BCUT2D eigenvalue weighted by molar-refractivity contribution is -0.126. The van der Waals surface area contributed by atoms with Gasteiger partial charge >= 0.3 is 0 Å². The Morgan fingerprint density at radius 2 is 1.96 bits per heavy atom. The van der Waals surface area contributed by atoms with Gasteiger partial charge in [-0.25, -0.2) is 15.0 Å². The van der Waals surface area contributed by atoms with Crippen LogP contribution in [-0.4, -0.2) is 38.9 Å². The molecule has 1 saturated heterocycles. The summed E-state index contributed by atoms with van der Waals surface area (Å²) in [5, 5.41) is 3.10. The van der Waals surface area contributed by atoms with Gasteiger partial charge < -0.3 is 15.2 Å². The zero-order valence-corrected chi connectivity index (χ0v) is 15.9. The van der Waals surface area contributed by atoms with E-state index in [0.717, 1.165) is 36.5 Å². The maximum Gasteiger partial charge on any atom is 0.225 e. The van der Waals surface area contributed by atoms with E-state index in [2.05, 4.69) is 30.2 Å². The largest absolute Gasteiger partial charge is 0.346 e. The van der Waals surface area contributed by atoms with Crippen LogP contribution in [0.1, 0.15) is 31.6 Å². The number of amides is 1. The van der Waals surface area contributed by atoms with E-state index in [0.29, 0.717) is 12.5 Å². The highest BCUT2D eigenvalue weighted by molar-refractivity contribution is 5.79. The van der Waals surface area contributed by atoms with Crippen LogP contribution in [0.3, 0.4) is 0 Å². The number of imidazole rings is 1. The van der Waals surface area contributed by atoms with Gasteiger partial charge in [-0.15, -0.1) is 0 Å². The molecule has 1 aliphatic heterocycles. The molecule has 1 fully saturated rings. The molecule has 0 spiro atoms. The number of rotatable bonds is 5. The highest BCUT2D eigenvalue weighted by Gasteiger charge is 2.28. The Bertz CT molecular complexity index is 911. The van der Waals surface area contributed by atoms with Crippen molar-refractivity contribution in [3.8, 4) is 11.3 Å². The van der Waals surface area contributed by atoms with Crippen LogP contribution in [0, 0.1) is 5.92 Å². The molecule has 3 aromatic rings. The summed E-state index contributed by atoms with van der Waals surface area (Å²) in [7, 11) is 0. The number of benzene rings is 1. The Morgan fingerprint density at radius 3 is 2.75 bits per heavy atom. The minimum Gasteiger partial charge on any atom is -0.346 e. The van der Waals surface area contributed by atoms with Crippen LogP contribution in [-0.2, 0) is 4.79 Å². The Kier molecular flexibility index (Phi) is 5.32. The topological polar surface area (TPSA) is 86.8 Å². The molecule has 0 radical (unpaired) electrons. The molecule has 2 N–H and O–H groups in total.